The first-order chi connectivity index (χ1) is 14.7. The summed E-state index contributed by atoms with van der Waals surface area (Å²) in [6, 6.07) is 24.0. The van der Waals surface area contributed by atoms with Gasteiger partial charge in [0.05, 0.1) is 11.4 Å². The quantitative estimate of drug-likeness (QED) is 0.388. The van der Waals surface area contributed by atoms with E-state index in [0.717, 1.165) is 33.2 Å². The van der Waals surface area contributed by atoms with Crippen molar-refractivity contribution < 1.29 is 4.79 Å². The predicted molar refractivity (Wildman–Crippen MR) is 122 cm³/mol. The number of benzene rings is 2. The highest BCUT2D eigenvalue weighted by Gasteiger charge is 2.14. The molecule has 30 heavy (non-hydrogen) atoms. The van der Waals surface area contributed by atoms with Crippen LogP contribution in [0.25, 0.3) is 22.5 Å². The standard InChI is InChI=1S/C24H22N4OS/c1-17-12-13-20(25-16-17)26-21(29)14-15-30-24-27-22(18-8-4-2-5-9-18)23(28-24)19-10-6-3-7-11-19/h2-13,16H,14-15H2,1H3,(H,27,28)(H,25,26,29). The van der Waals surface area contributed by atoms with E-state index < -0.39 is 0 Å². The number of aromatic nitrogens is 3. The number of anilines is 1. The summed E-state index contributed by atoms with van der Waals surface area (Å²) in [5.41, 5.74) is 5.10. The summed E-state index contributed by atoms with van der Waals surface area (Å²) >= 11 is 1.54. The summed E-state index contributed by atoms with van der Waals surface area (Å²) in [7, 11) is 0. The van der Waals surface area contributed by atoms with Gasteiger partial charge in [0, 0.05) is 29.5 Å². The molecule has 0 radical (unpaired) electrons. The Kier molecular flexibility index (Phi) is 6.25. The number of thioether (sulfide) groups is 1. The van der Waals surface area contributed by atoms with Crippen molar-refractivity contribution in [3.05, 3.63) is 84.6 Å². The van der Waals surface area contributed by atoms with Gasteiger partial charge in [-0.25, -0.2) is 9.97 Å². The Bertz CT molecular complexity index is 1050. The summed E-state index contributed by atoms with van der Waals surface area (Å²) in [6.45, 7) is 1.96. The van der Waals surface area contributed by atoms with Gasteiger partial charge in [0.25, 0.3) is 0 Å². The van der Waals surface area contributed by atoms with E-state index in [4.69, 9.17) is 4.98 Å². The second kappa shape index (κ2) is 9.41. The number of H-pyrrole nitrogens is 1. The van der Waals surface area contributed by atoms with Gasteiger partial charge < -0.3 is 10.3 Å². The molecule has 0 bridgehead atoms. The number of hydrogen-bond acceptors (Lipinski definition) is 4. The minimum Gasteiger partial charge on any atom is -0.332 e. The molecule has 0 unspecified atom stereocenters. The normalized spacial score (nSPS) is 10.7. The number of hydrogen-bond donors (Lipinski definition) is 2. The average molecular weight is 415 g/mol. The molecule has 0 saturated heterocycles. The fourth-order valence-electron chi connectivity index (χ4n) is 3.03. The molecule has 2 N–H and O–H groups in total. The Labute approximate surface area is 180 Å². The molecule has 6 heteroatoms. The molecule has 0 saturated carbocycles. The number of rotatable bonds is 7. The lowest BCUT2D eigenvalue weighted by Crippen LogP contribution is -2.13. The number of nitrogens with one attached hydrogen (secondary N) is 2. The number of aryl methyl sites for hydroxylation is 1. The molecule has 0 fully saturated rings. The van der Waals surface area contributed by atoms with Crippen molar-refractivity contribution in [1.29, 1.82) is 0 Å². The molecule has 1 amide bonds. The number of carbonyl (C=O) groups excluding carboxylic acids is 1. The van der Waals surface area contributed by atoms with Crippen LogP contribution in [-0.4, -0.2) is 26.6 Å². The van der Waals surface area contributed by atoms with Crippen LogP contribution in [0, 0.1) is 6.92 Å². The average Bonchev–Trinajstić information content (AvgIpc) is 3.21. The van der Waals surface area contributed by atoms with E-state index in [-0.39, 0.29) is 5.91 Å². The zero-order valence-electron chi connectivity index (χ0n) is 16.6. The summed E-state index contributed by atoms with van der Waals surface area (Å²) in [5.74, 6) is 1.14. The van der Waals surface area contributed by atoms with Gasteiger partial charge in [-0.05, 0) is 18.6 Å². The van der Waals surface area contributed by atoms with Crippen LogP contribution < -0.4 is 5.32 Å². The van der Waals surface area contributed by atoms with Crippen molar-refractivity contribution >= 4 is 23.5 Å². The first kappa shape index (κ1) is 19.9. The molecule has 2 heterocycles. The van der Waals surface area contributed by atoms with Crippen LogP contribution in [-0.2, 0) is 4.79 Å². The fraction of sp³-hybridized carbons (Fsp3) is 0.125. The van der Waals surface area contributed by atoms with Gasteiger partial charge in [0.15, 0.2) is 5.16 Å². The lowest BCUT2D eigenvalue weighted by Gasteiger charge is -2.04. The van der Waals surface area contributed by atoms with Crippen molar-refractivity contribution in [2.75, 3.05) is 11.1 Å². The van der Waals surface area contributed by atoms with Crippen LogP contribution in [0.3, 0.4) is 0 Å². The Balaban J connectivity index is 1.45. The topological polar surface area (TPSA) is 70.7 Å². The van der Waals surface area contributed by atoms with Gasteiger partial charge in [-0.15, -0.1) is 0 Å². The molecule has 0 atom stereocenters. The van der Waals surface area contributed by atoms with Crippen LogP contribution in [0.5, 0.6) is 0 Å². The van der Waals surface area contributed by atoms with E-state index in [0.29, 0.717) is 18.0 Å². The zero-order valence-corrected chi connectivity index (χ0v) is 17.4. The minimum absolute atomic E-state index is 0.0584. The lowest BCUT2D eigenvalue weighted by atomic mass is 10.1. The van der Waals surface area contributed by atoms with Crippen molar-refractivity contribution in [1.82, 2.24) is 15.0 Å². The minimum atomic E-state index is -0.0584. The fourth-order valence-corrected chi connectivity index (χ4v) is 3.84. The van der Waals surface area contributed by atoms with Gasteiger partial charge in [0.1, 0.15) is 5.82 Å². The zero-order chi connectivity index (χ0) is 20.8. The second-order valence-electron chi connectivity index (χ2n) is 6.87. The van der Waals surface area contributed by atoms with E-state index in [9.17, 15) is 4.79 Å². The number of nitrogens with zero attached hydrogens (tertiary/aromatic N) is 2. The molecule has 0 aliphatic heterocycles. The number of amides is 1. The molecular formula is C24H22N4OS. The second-order valence-corrected chi connectivity index (χ2v) is 7.95. The first-order valence-electron chi connectivity index (χ1n) is 9.75. The number of imidazole rings is 1. The molecule has 2 aromatic carbocycles. The van der Waals surface area contributed by atoms with Crippen molar-refractivity contribution in [2.45, 2.75) is 18.5 Å². The maximum atomic E-state index is 12.2. The Morgan fingerprint density at radius 1 is 0.967 bits per heavy atom. The molecule has 0 aliphatic rings. The third-order valence-corrected chi connectivity index (χ3v) is 5.41. The first-order valence-corrected chi connectivity index (χ1v) is 10.7. The van der Waals surface area contributed by atoms with E-state index >= 15 is 0 Å². The molecule has 4 rings (SSSR count). The number of carbonyl (C=O) groups is 1. The number of pyridine rings is 1. The van der Waals surface area contributed by atoms with Crippen molar-refractivity contribution in [2.24, 2.45) is 0 Å². The van der Waals surface area contributed by atoms with E-state index in [1.165, 1.54) is 11.8 Å². The van der Waals surface area contributed by atoms with E-state index in [1.54, 1.807) is 6.20 Å². The van der Waals surface area contributed by atoms with E-state index in [1.807, 2.05) is 55.5 Å². The van der Waals surface area contributed by atoms with Crippen LogP contribution in [0.4, 0.5) is 5.82 Å². The Morgan fingerprint density at radius 2 is 1.67 bits per heavy atom. The maximum Gasteiger partial charge on any atom is 0.226 e. The molecule has 4 aromatic rings. The number of aromatic amines is 1. The third-order valence-electron chi connectivity index (χ3n) is 4.54. The molecule has 5 nitrogen and oxygen atoms in total. The Hall–Kier alpha value is -3.38. The smallest absolute Gasteiger partial charge is 0.226 e. The highest BCUT2D eigenvalue weighted by atomic mass is 32.2. The van der Waals surface area contributed by atoms with Crippen LogP contribution in [0.2, 0.25) is 0 Å². The monoisotopic (exact) mass is 414 g/mol. The van der Waals surface area contributed by atoms with Gasteiger partial charge in [-0.2, -0.15) is 0 Å². The molecule has 2 aromatic heterocycles. The SMILES string of the molecule is Cc1ccc(NC(=O)CCSc2nc(-c3ccccc3)c(-c3ccccc3)[nH]2)nc1. The van der Waals surface area contributed by atoms with Gasteiger partial charge in [-0.3, -0.25) is 4.79 Å². The summed E-state index contributed by atoms with van der Waals surface area (Å²) < 4.78 is 0. The highest BCUT2D eigenvalue weighted by Crippen LogP contribution is 2.32. The summed E-state index contributed by atoms with van der Waals surface area (Å²) in [5, 5.41) is 3.63. The molecule has 0 spiro atoms. The third kappa shape index (κ3) is 4.96. The van der Waals surface area contributed by atoms with Crippen LogP contribution in [0.1, 0.15) is 12.0 Å². The molecule has 0 aliphatic carbocycles. The summed E-state index contributed by atoms with van der Waals surface area (Å²) in [6.07, 6.45) is 2.12. The Morgan fingerprint density at radius 3 is 2.33 bits per heavy atom. The highest BCUT2D eigenvalue weighted by molar-refractivity contribution is 7.99. The van der Waals surface area contributed by atoms with Gasteiger partial charge >= 0.3 is 0 Å². The predicted octanol–water partition coefficient (Wildman–Crippen LogP) is 5.57. The van der Waals surface area contributed by atoms with Crippen LogP contribution >= 0.6 is 11.8 Å². The lowest BCUT2D eigenvalue weighted by molar-refractivity contribution is -0.115. The maximum absolute atomic E-state index is 12.2. The van der Waals surface area contributed by atoms with Crippen molar-refractivity contribution in [3.63, 3.8) is 0 Å². The molecule has 150 valence electrons. The van der Waals surface area contributed by atoms with E-state index in [2.05, 4.69) is 39.6 Å². The summed E-state index contributed by atoms with van der Waals surface area (Å²) in [4.78, 5) is 24.7. The van der Waals surface area contributed by atoms with Gasteiger partial charge in [0.2, 0.25) is 5.91 Å². The van der Waals surface area contributed by atoms with Crippen LogP contribution in [0.15, 0.2) is 84.1 Å². The van der Waals surface area contributed by atoms with Crippen molar-refractivity contribution in [3.8, 4) is 22.5 Å². The van der Waals surface area contributed by atoms with Gasteiger partial charge in [-0.1, -0.05) is 78.5 Å². The largest absolute Gasteiger partial charge is 0.332 e. The molecular weight excluding hydrogens is 392 g/mol.